The summed E-state index contributed by atoms with van der Waals surface area (Å²) >= 11 is 0. The zero-order chi connectivity index (χ0) is 15.7. The van der Waals surface area contributed by atoms with E-state index in [1.54, 1.807) is 6.07 Å². The molecule has 0 aliphatic heterocycles. The van der Waals surface area contributed by atoms with E-state index in [1.165, 1.54) is 36.5 Å². The molecule has 0 bridgehead atoms. The second-order valence-electron chi connectivity index (χ2n) is 4.58. The quantitative estimate of drug-likeness (QED) is 0.706. The zero-order valence-electron chi connectivity index (χ0n) is 11.2. The van der Waals surface area contributed by atoms with E-state index in [2.05, 4.69) is 14.7 Å². The number of anilines is 1. The van der Waals surface area contributed by atoms with Crippen LogP contribution in [0.15, 0.2) is 47.5 Å². The van der Waals surface area contributed by atoms with Gasteiger partial charge < -0.3 is 4.98 Å². The number of aromatic amines is 1. The third-order valence-electron chi connectivity index (χ3n) is 3.08. The van der Waals surface area contributed by atoms with Gasteiger partial charge in [-0.15, -0.1) is 0 Å². The highest BCUT2D eigenvalue weighted by Gasteiger charge is 2.19. The Morgan fingerprint density at radius 2 is 1.91 bits per heavy atom. The Bertz CT molecular complexity index is 988. The van der Waals surface area contributed by atoms with Gasteiger partial charge in [0.25, 0.3) is 10.0 Å². The summed E-state index contributed by atoms with van der Waals surface area (Å²) in [5.74, 6) is 0. The zero-order valence-corrected chi connectivity index (χ0v) is 12.1. The predicted molar refractivity (Wildman–Crippen MR) is 83.4 cm³/mol. The first-order chi connectivity index (χ1) is 10.5. The highest BCUT2D eigenvalue weighted by atomic mass is 32.2. The number of aromatic nitrogens is 2. The van der Waals surface area contributed by atoms with Gasteiger partial charge in [0.15, 0.2) is 0 Å². The molecule has 6 nitrogen and oxygen atoms in total. The van der Waals surface area contributed by atoms with Gasteiger partial charge in [0, 0.05) is 17.3 Å². The van der Waals surface area contributed by atoms with Crippen LogP contribution >= 0.6 is 0 Å². The van der Waals surface area contributed by atoms with Crippen molar-refractivity contribution in [1.29, 1.82) is 5.26 Å². The molecule has 0 aliphatic carbocycles. The summed E-state index contributed by atoms with van der Waals surface area (Å²) in [6.07, 6.45) is 1.36. The molecule has 0 fully saturated rings. The average Bonchev–Trinajstić information content (AvgIpc) is 2.91. The molecule has 2 N–H and O–H groups in total. The van der Waals surface area contributed by atoms with Crippen molar-refractivity contribution in [3.63, 3.8) is 0 Å². The fraction of sp³-hybridized carbons (Fsp3) is 0. The minimum atomic E-state index is -3.77. The molecular formula is C14H9BN4O2S. The van der Waals surface area contributed by atoms with Gasteiger partial charge in [-0.25, -0.2) is 13.4 Å². The maximum Gasteiger partial charge on any atom is 0.264 e. The van der Waals surface area contributed by atoms with Crippen molar-refractivity contribution < 1.29 is 8.42 Å². The molecular weight excluding hydrogens is 299 g/mol. The van der Waals surface area contributed by atoms with E-state index < -0.39 is 10.0 Å². The molecule has 0 spiro atoms. The van der Waals surface area contributed by atoms with Crippen LogP contribution in [0.3, 0.4) is 0 Å². The summed E-state index contributed by atoms with van der Waals surface area (Å²) in [5.41, 5.74) is 1.53. The first-order valence-electron chi connectivity index (χ1n) is 6.26. The van der Waals surface area contributed by atoms with Crippen LogP contribution < -0.4 is 10.3 Å². The Morgan fingerprint density at radius 1 is 1.18 bits per heavy atom. The van der Waals surface area contributed by atoms with E-state index in [0.29, 0.717) is 27.9 Å². The Balaban J connectivity index is 1.99. The number of sulfonamides is 1. The van der Waals surface area contributed by atoms with Crippen molar-refractivity contribution >= 4 is 40.2 Å². The predicted octanol–water partition coefficient (Wildman–Crippen LogP) is 1.03. The lowest BCUT2D eigenvalue weighted by Crippen LogP contribution is -2.13. The van der Waals surface area contributed by atoms with Crippen molar-refractivity contribution in [3.8, 4) is 6.07 Å². The van der Waals surface area contributed by atoms with Crippen LogP contribution in [0.1, 0.15) is 5.56 Å². The van der Waals surface area contributed by atoms with Crippen LogP contribution in [0.4, 0.5) is 5.69 Å². The first kappa shape index (κ1) is 14.2. The number of nitriles is 1. The number of rotatable bonds is 3. The van der Waals surface area contributed by atoms with Crippen molar-refractivity contribution in [2.45, 2.75) is 4.90 Å². The van der Waals surface area contributed by atoms with E-state index in [-0.39, 0.29) is 4.90 Å². The molecule has 0 saturated carbocycles. The van der Waals surface area contributed by atoms with Gasteiger partial charge in [0.2, 0.25) is 0 Å². The topological polar surface area (TPSA) is 98.6 Å². The van der Waals surface area contributed by atoms with Crippen LogP contribution in [-0.4, -0.2) is 26.2 Å². The largest absolute Gasteiger partial charge is 0.345 e. The van der Waals surface area contributed by atoms with Crippen molar-refractivity contribution in [1.82, 2.24) is 9.97 Å². The third-order valence-corrected chi connectivity index (χ3v) is 4.50. The molecule has 0 unspecified atom stereocenters. The second-order valence-corrected chi connectivity index (χ2v) is 6.23. The number of pyridine rings is 1. The van der Waals surface area contributed by atoms with Crippen LogP contribution in [0, 0.1) is 11.3 Å². The number of benzene rings is 1. The Labute approximate surface area is 128 Å². The molecule has 0 atom stereocenters. The molecule has 2 radical (unpaired) electrons. The maximum absolute atomic E-state index is 12.5. The average molecular weight is 308 g/mol. The van der Waals surface area contributed by atoms with Crippen molar-refractivity contribution in [3.05, 3.63) is 48.2 Å². The Hall–Kier alpha value is -2.79. The molecule has 3 aromatic rings. The van der Waals surface area contributed by atoms with Crippen molar-refractivity contribution in [2.24, 2.45) is 0 Å². The minimum absolute atomic E-state index is 0.0827. The lowest BCUT2D eigenvalue weighted by Gasteiger charge is -2.07. The SMILES string of the molecule is [B]c1ccc2c(S(=O)(=O)Nc3ccc(C#N)cc3)c[nH]c2n1. The molecule has 2 aromatic heterocycles. The highest BCUT2D eigenvalue weighted by molar-refractivity contribution is 7.93. The second kappa shape index (κ2) is 5.20. The van der Waals surface area contributed by atoms with E-state index in [0.717, 1.165) is 0 Å². The van der Waals surface area contributed by atoms with E-state index >= 15 is 0 Å². The van der Waals surface area contributed by atoms with Crippen LogP contribution in [0.2, 0.25) is 0 Å². The lowest BCUT2D eigenvalue weighted by atomic mass is 10.0. The van der Waals surface area contributed by atoms with Crippen molar-refractivity contribution in [2.75, 3.05) is 4.72 Å². The lowest BCUT2D eigenvalue weighted by molar-refractivity contribution is 0.602. The summed E-state index contributed by atoms with van der Waals surface area (Å²) in [6, 6.07) is 11.2. The normalized spacial score (nSPS) is 11.2. The summed E-state index contributed by atoms with van der Waals surface area (Å²) in [6.45, 7) is 0. The maximum atomic E-state index is 12.5. The summed E-state index contributed by atoms with van der Waals surface area (Å²) in [5, 5.41) is 9.20. The molecule has 106 valence electrons. The monoisotopic (exact) mass is 308 g/mol. The molecule has 22 heavy (non-hydrogen) atoms. The summed E-state index contributed by atoms with van der Waals surface area (Å²) in [4.78, 5) is 6.90. The molecule has 0 saturated heterocycles. The Morgan fingerprint density at radius 3 is 2.59 bits per heavy atom. The number of nitrogens with one attached hydrogen (secondary N) is 2. The number of hydrogen-bond donors (Lipinski definition) is 2. The van der Waals surface area contributed by atoms with E-state index in [4.69, 9.17) is 13.1 Å². The van der Waals surface area contributed by atoms with Gasteiger partial charge in [-0.2, -0.15) is 5.26 Å². The van der Waals surface area contributed by atoms with Crippen LogP contribution in [0.25, 0.3) is 11.0 Å². The summed E-state index contributed by atoms with van der Waals surface area (Å²) in [7, 11) is 1.80. The molecule has 3 rings (SSSR count). The number of hydrogen-bond acceptors (Lipinski definition) is 4. The van der Waals surface area contributed by atoms with Gasteiger partial charge in [0.1, 0.15) is 18.4 Å². The Kier molecular flexibility index (Phi) is 3.35. The van der Waals surface area contributed by atoms with E-state index in [9.17, 15) is 8.42 Å². The van der Waals surface area contributed by atoms with Gasteiger partial charge in [-0.1, -0.05) is 6.07 Å². The summed E-state index contributed by atoms with van der Waals surface area (Å²) < 4.78 is 27.4. The molecule has 8 heteroatoms. The van der Waals surface area contributed by atoms with Crippen LogP contribution in [0.5, 0.6) is 0 Å². The smallest absolute Gasteiger partial charge is 0.264 e. The number of nitrogens with zero attached hydrogens (tertiary/aromatic N) is 2. The fourth-order valence-electron chi connectivity index (χ4n) is 2.04. The van der Waals surface area contributed by atoms with Gasteiger partial charge in [0.05, 0.1) is 11.6 Å². The van der Waals surface area contributed by atoms with E-state index in [1.807, 2.05) is 6.07 Å². The standard InChI is InChI=1S/C14H9BN4O2S/c15-13-6-5-11-12(8-17-14(11)18-13)22(20,21)19-10-3-1-9(7-16)2-4-10/h1-6,8,19H,(H,17,18). The number of fused-ring (bicyclic) bond motifs is 1. The highest BCUT2D eigenvalue weighted by Crippen LogP contribution is 2.23. The van der Waals surface area contributed by atoms with Crippen LogP contribution in [-0.2, 0) is 10.0 Å². The van der Waals surface area contributed by atoms with Gasteiger partial charge in [-0.3, -0.25) is 4.72 Å². The minimum Gasteiger partial charge on any atom is -0.345 e. The molecule has 0 aliphatic rings. The third kappa shape index (κ3) is 2.54. The molecule has 2 heterocycles. The molecule has 0 amide bonds. The number of H-pyrrole nitrogens is 1. The first-order valence-corrected chi connectivity index (χ1v) is 7.74. The van der Waals surface area contributed by atoms with Gasteiger partial charge in [-0.05, 0) is 35.9 Å². The fourth-order valence-corrected chi connectivity index (χ4v) is 3.26. The molecule has 1 aromatic carbocycles. The van der Waals surface area contributed by atoms with Gasteiger partial charge >= 0.3 is 0 Å².